The molecule has 0 spiro atoms. The molecule has 7 heteroatoms. The molecule has 0 bridgehead atoms. The summed E-state index contributed by atoms with van der Waals surface area (Å²) in [6.07, 6.45) is 0. The van der Waals surface area contributed by atoms with Crippen molar-refractivity contribution in [2.24, 2.45) is 0 Å². The van der Waals surface area contributed by atoms with Gasteiger partial charge in [0.2, 0.25) is 0 Å². The Bertz CT molecular complexity index is 1320. The van der Waals surface area contributed by atoms with E-state index in [9.17, 15) is 18.3 Å². The van der Waals surface area contributed by atoms with Crippen LogP contribution in [0.15, 0.2) is 95.9 Å². The molecule has 4 aromatic carbocycles. The zero-order valence-electron chi connectivity index (χ0n) is 15.6. The van der Waals surface area contributed by atoms with E-state index in [0.717, 1.165) is 5.39 Å². The first-order valence-corrected chi connectivity index (χ1v) is 10.5. The Morgan fingerprint density at radius 3 is 2.20 bits per heavy atom. The molecule has 0 atom stereocenters. The van der Waals surface area contributed by atoms with Crippen molar-refractivity contribution in [1.29, 1.82) is 0 Å². The van der Waals surface area contributed by atoms with Gasteiger partial charge in [0.05, 0.1) is 4.90 Å². The Balaban J connectivity index is 1.50. The molecule has 2 N–H and O–H groups in total. The number of phenolic OH excluding ortho intramolecular Hbond substituents is 1. The van der Waals surface area contributed by atoms with E-state index in [1.807, 2.05) is 12.1 Å². The number of fused-ring (bicyclic) bond motifs is 1. The van der Waals surface area contributed by atoms with E-state index in [-0.39, 0.29) is 22.0 Å². The van der Waals surface area contributed by atoms with Crippen molar-refractivity contribution in [3.63, 3.8) is 0 Å². The topological polar surface area (TPSA) is 92.7 Å². The molecule has 0 unspecified atom stereocenters. The molecule has 0 aromatic heterocycles. The third-order valence-corrected chi connectivity index (χ3v) is 5.89. The highest BCUT2D eigenvalue weighted by atomic mass is 32.2. The first-order valence-electron chi connectivity index (χ1n) is 9.05. The van der Waals surface area contributed by atoms with Gasteiger partial charge in [-0.2, -0.15) is 0 Å². The van der Waals surface area contributed by atoms with Gasteiger partial charge in [0, 0.05) is 11.1 Å². The summed E-state index contributed by atoms with van der Waals surface area (Å²) in [6.45, 7) is 0. The predicted octanol–water partition coefficient (Wildman–Crippen LogP) is 4.57. The minimum Gasteiger partial charge on any atom is -0.506 e. The van der Waals surface area contributed by atoms with Crippen LogP contribution < -0.4 is 9.46 Å². The van der Waals surface area contributed by atoms with Gasteiger partial charge >= 0.3 is 5.97 Å². The van der Waals surface area contributed by atoms with Crippen molar-refractivity contribution in [1.82, 2.24) is 0 Å². The number of phenols is 1. The standard InChI is InChI=1S/C23H17NO5S/c25-22-20-9-5-4-6-16(20)10-15-21(22)23(26)29-18-13-11-17(12-14-18)24-30(27,28)19-7-2-1-3-8-19/h1-15,24-25H. The monoisotopic (exact) mass is 419 g/mol. The van der Waals surface area contributed by atoms with Crippen molar-refractivity contribution < 1.29 is 23.1 Å². The van der Waals surface area contributed by atoms with E-state index in [1.54, 1.807) is 36.4 Å². The van der Waals surface area contributed by atoms with Crippen LogP contribution in [0, 0.1) is 0 Å². The van der Waals surface area contributed by atoms with Gasteiger partial charge in [-0.1, -0.05) is 48.5 Å². The fourth-order valence-electron chi connectivity index (χ4n) is 2.99. The molecular weight excluding hydrogens is 402 g/mol. The highest BCUT2D eigenvalue weighted by Crippen LogP contribution is 2.29. The lowest BCUT2D eigenvalue weighted by molar-refractivity contribution is 0.0732. The highest BCUT2D eigenvalue weighted by Gasteiger charge is 2.17. The second-order valence-electron chi connectivity index (χ2n) is 6.52. The average Bonchev–Trinajstić information content (AvgIpc) is 2.76. The number of hydrogen-bond donors (Lipinski definition) is 2. The Kier molecular flexibility index (Phi) is 5.12. The quantitative estimate of drug-likeness (QED) is 0.365. The van der Waals surface area contributed by atoms with Crippen LogP contribution in [-0.2, 0) is 10.0 Å². The Hall–Kier alpha value is -3.84. The van der Waals surface area contributed by atoms with Gasteiger partial charge in [-0.3, -0.25) is 4.72 Å². The lowest BCUT2D eigenvalue weighted by atomic mass is 10.1. The molecule has 0 heterocycles. The number of carbonyl (C=O) groups excluding carboxylic acids is 1. The third-order valence-electron chi connectivity index (χ3n) is 4.49. The van der Waals surface area contributed by atoms with Gasteiger partial charge in [-0.05, 0) is 47.9 Å². The van der Waals surface area contributed by atoms with Crippen LogP contribution in [0.4, 0.5) is 5.69 Å². The van der Waals surface area contributed by atoms with Gasteiger partial charge < -0.3 is 9.84 Å². The number of hydrogen-bond acceptors (Lipinski definition) is 5. The first-order chi connectivity index (χ1) is 14.4. The Morgan fingerprint density at radius 1 is 0.800 bits per heavy atom. The number of ether oxygens (including phenoxy) is 1. The van der Waals surface area contributed by atoms with Crippen molar-refractivity contribution in [2.75, 3.05) is 4.72 Å². The number of rotatable bonds is 5. The third kappa shape index (κ3) is 3.97. The van der Waals surface area contributed by atoms with Crippen LogP contribution >= 0.6 is 0 Å². The van der Waals surface area contributed by atoms with Crippen LogP contribution in [0.3, 0.4) is 0 Å². The molecule has 150 valence electrons. The van der Waals surface area contributed by atoms with Crippen molar-refractivity contribution in [3.8, 4) is 11.5 Å². The SMILES string of the molecule is O=C(Oc1ccc(NS(=O)(=O)c2ccccc2)cc1)c1ccc2ccccc2c1O. The summed E-state index contributed by atoms with van der Waals surface area (Å²) in [5.41, 5.74) is 0.370. The minimum absolute atomic E-state index is 0.0440. The zero-order valence-corrected chi connectivity index (χ0v) is 16.5. The molecule has 0 amide bonds. The molecule has 4 rings (SSSR count). The maximum absolute atomic E-state index is 12.5. The van der Waals surface area contributed by atoms with Crippen LogP contribution in [0.5, 0.6) is 11.5 Å². The molecule has 30 heavy (non-hydrogen) atoms. The second-order valence-corrected chi connectivity index (χ2v) is 8.20. The van der Waals surface area contributed by atoms with Gasteiger partial charge in [-0.25, -0.2) is 13.2 Å². The number of esters is 1. The molecule has 6 nitrogen and oxygen atoms in total. The molecule has 0 aliphatic rings. The summed E-state index contributed by atoms with van der Waals surface area (Å²) in [5, 5.41) is 11.8. The predicted molar refractivity (Wildman–Crippen MR) is 114 cm³/mol. The molecule has 0 radical (unpaired) electrons. The lowest BCUT2D eigenvalue weighted by Gasteiger charge is -2.10. The highest BCUT2D eigenvalue weighted by molar-refractivity contribution is 7.92. The largest absolute Gasteiger partial charge is 0.506 e. The summed E-state index contributed by atoms with van der Waals surface area (Å²) in [4.78, 5) is 12.6. The number of carbonyl (C=O) groups is 1. The Labute approximate surface area is 173 Å². The fourth-order valence-corrected chi connectivity index (χ4v) is 4.07. The van der Waals surface area contributed by atoms with Crippen LogP contribution in [0.2, 0.25) is 0 Å². The molecule has 0 saturated carbocycles. The molecule has 4 aromatic rings. The smallest absolute Gasteiger partial charge is 0.347 e. The van der Waals surface area contributed by atoms with Gasteiger partial charge in [-0.15, -0.1) is 0 Å². The number of sulfonamides is 1. The molecular formula is C23H17NO5S. The van der Waals surface area contributed by atoms with E-state index >= 15 is 0 Å². The number of nitrogens with one attached hydrogen (secondary N) is 1. The summed E-state index contributed by atoms with van der Waals surface area (Å²) in [6, 6.07) is 24.3. The Morgan fingerprint density at radius 2 is 1.47 bits per heavy atom. The average molecular weight is 419 g/mol. The maximum Gasteiger partial charge on any atom is 0.347 e. The van der Waals surface area contributed by atoms with E-state index in [2.05, 4.69) is 4.72 Å². The first kappa shape index (κ1) is 19.5. The van der Waals surface area contributed by atoms with E-state index in [0.29, 0.717) is 11.1 Å². The molecule has 0 fully saturated rings. The van der Waals surface area contributed by atoms with Crippen molar-refractivity contribution in [3.05, 3.63) is 96.6 Å². The van der Waals surface area contributed by atoms with Crippen LogP contribution in [0.25, 0.3) is 10.8 Å². The van der Waals surface area contributed by atoms with Crippen molar-refractivity contribution in [2.45, 2.75) is 4.90 Å². The van der Waals surface area contributed by atoms with Crippen LogP contribution in [-0.4, -0.2) is 19.5 Å². The van der Waals surface area contributed by atoms with E-state index in [4.69, 9.17) is 4.74 Å². The minimum atomic E-state index is -3.71. The molecule has 0 aliphatic carbocycles. The summed E-state index contributed by atoms with van der Waals surface area (Å²) < 4.78 is 32.5. The van der Waals surface area contributed by atoms with Crippen molar-refractivity contribution >= 4 is 32.5 Å². The second kappa shape index (κ2) is 7.88. The van der Waals surface area contributed by atoms with E-state index in [1.165, 1.54) is 42.5 Å². The number of aromatic hydroxyl groups is 1. The molecule has 0 aliphatic heterocycles. The fraction of sp³-hybridized carbons (Fsp3) is 0. The maximum atomic E-state index is 12.5. The van der Waals surface area contributed by atoms with Gasteiger partial charge in [0.15, 0.2) is 0 Å². The summed E-state index contributed by atoms with van der Waals surface area (Å²) >= 11 is 0. The van der Waals surface area contributed by atoms with E-state index < -0.39 is 16.0 Å². The van der Waals surface area contributed by atoms with Crippen LogP contribution in [0.1, 0.15) is 10.4 Å². The summed E-state index contributed by atoms with van der Waals surface area (Å²) in [7, 11) is -3.71. The number of benzene rings is 4. The lowest BCUT2D eigenvalue weighted by Crippen LogP contribution is -2.13. The van der Waals surface area contributed by atoms with Gasteiger partial charge in [0.25, 0.3) is 10.0 Å². The zero-order chi connectivity index (χ0) is 21.1. The summed E-state index contributed by atoms with van der Waals surface area (Å²) in [5.74, 6) is -0.642. The van der Waals surface area contributed by atoms with Gasteiger partial charge in [0.1, 0.15) is 17.1 Å². The number of anilines is 1. The molecule has 0 saturated heterocycles. The normalized spacial score (nSPS) is 11.2.